The number of halogens is 8. The Balaban J connectivity index is 0.000000182. The Morgan fingerprint density at radius 3 is 1.55 bits per heavy atom. The summed E-state index contributed by atoms with van der Waals surface area (Å²) in [7, 11) is 0. The number of alkyl halides is 6. The van der Waals surface area contributed by atoms with Gasteiger partial charge in [0.05, 0.1) is 92.5 Å². The third-order valence-corrected chi connectivity index (χ3v) is 12.5. The van der Waals surface area contributed by atoms with Gasteiger partial charge in [0, 0.05) is 42.7 Å². The zero-order chi connectivity index (χ0) is 52.6. The van der Waals surface area contributed by atoms with Gasteiger partial charge in [0.2, 0.25) is 0 Å². The van der Waals surface area contributed by atoms with E-state index < -0.39 is 35.9 Å². The van der Waals surface area contributed by atoms with Crippen molar-refractivity contribution in [3.05, 3.63) is 119 Å². The first-order valence-corrected chi connectivity index (χ1v) is 23.4. The molecule has 0 bridgehead atoms. The number of hydrogen-bond donors (Lipinski definition) is 3. The van der Waals surface area contributed by atoms with Crippen LogP contribution < -0.4 is 5.32 Å². The second-order valence-corrected chi connectivity index (χ2v) is 18.0. The van der Waals surface area contributed by atoms with E-state index in [1.54, 1.807) is 41.3 Å². The van der Waals surface area contributed by atoms with Crippen molar-refractivity contribution in [2.75, 3.05) is 13.1 Å². The molecule has 7 heterocycles. The highest BCUT2D eigenvalue weighted by Gasteiger charge is 2.43. The second kappa shape index (κ2) is 20.8. The summed E-state index contributed by atoms with van der Waals surface area (Å²) in [6.45, 7) is 3.19. The lowest BCUT2D eigenvalue weighted by molar-refractivity contribution is -0.145. The molecule has 0 radical (unpaired) electrons. The van der Waals surface area contributed by atoms with Crippen LogP contribution in [0.1, 0.15) is 65.2 Å². The van der Waals surface area contributed by atoms with Crippen molar-refractivity contribution in [3.8, 4) is 67.7 Å². The molecule has 26 heteroatoms. The van der Waals surface area contributed by atoms with E-state index in [1.807, 2.05) is 0 Å². The van der Waals surface area contributed by atoms with E-state index >= 15 is 0 Å². The Kier molecular flexibility index (Phi) is 14.4. The highest BCUT2D eigenvalue weighted by atomic mass is 35.5. The number of amides is 2. The maximum Gasteiger partial charge on any atom is 0.433 e. The fourth-order valence-corrected chi connectivity index (χ4v) is 8.69. The summed E-state index contributed by atoms with van der Waals surface area (Å²) in [6, 6.07) is 12.6. The Morgan fingerprint density at radius 2 is 1.16 bits per heavy atom. The molecule has 1 aliphatic carbocycles. The number of carbonyl (C=O) groups is 2. The number of hydrogen-bond acceptors (Lipinski definition) is 14. The Bertz CT molecular complexity index is 3330. The summed E-state index contributed by atoms with van der Waals surface area (Å²) < 4.78 is 97.3. The van der Waals surface area contributed by atoms with Crippen molar-refractivity contribution in [2.45, 2.75) is 76.8 Å². The highest BCUT2D eigenvalue weighted by Crippen LogP contribution is 2.48. The first-order valence-electron chi connectivity index (χ1n) is 22.6. The van der Waals surface area contributed by atoms with Gasteiger partial charge in [-0.1, -0.05) is 57.8 Å². The molecular weight excluding hydrogens is 1030 g/mol. The van der Waals surface area contributed by atoms with Crippen molar-refractivity contribution >= 4 is 35.0 Å². The van der Waals surface area contributed by atoms with Gasteiger partial charge in [0.25, 0.3) is 11.8 Å². The van der Waals surface area contributed by atoms with Crippen LogP contribution in [0.2, 0.25) is 10.0 Å². The Morgan fingerprint density at radius 1 is 0.703 bits per heavy atom. The fourth-order valence-electron chi connectivity index (χ4n) is 8.10. The highest BCUT2D eigenvalue weighted by molar-refractivity contribution is 6.37. The molecular formula is C48H40Cl2F6N12O6. The lowest BCUT2D eigenvalue weighted by Gasteiger charge is -2.31. The van der Waals surface area contributed by atoms with Crippen molar-refractivity contribution < 1.29 is 55.2 Å². The van der Waals surface area contributed by atoms with Gasteiger partial charge in [-0.3, -0.25) is 19.0 Å². The summed E-state index contributed by atoms with van der Waals surface area (Å²) in [4.78, 5) is 43.4. The predicted molar refractivity (Wildman–Crippen MR) is 253 cm³/mol. The molecule has 2 atom stereocenters. The van der Waals surface area contributed by atoms with Crippen molar-refractivity contribution in [3.63, 3.8) is 0 Å². The van der Waals surface area contributed by atoms with Crippen molar-refractivity contribution in [1.82, 2.24) is 60.0 Å². The molecule has 18 nitrogen and oxygen atoms in total. The maximum atomic E-state index is 14.2. The third kappa shape index (κ3) is 10.5. The first-order chi connectivity index (χ1) is 35.3. The summed E-state index contributed by atoms with van der Waals surface area (Å²) in [5.41, 5.74) is -1.09. The van der Waals surface area contributed by atoms with E-state index in [2.05, 4.69) is 45.8 Å². The molecule has 1 aliphatic heterocycles. The standard InChI is InChI=1S/2C24H20ClF3N6O3/c1-13(35)11-34-22(24(26,27)28)16(10-31-34)21-18(17-6-7-29-12-30-17)20(32-37-21)14-4-2-5-15(19(14)25)23(36)33-8-3-9-33;1-12(35)10-34-22(24(26,27)28)16(9-31-34)21-18(17-7-8-29-11-30-17)20(33-37-21)14-3-2-4-15(19(14)25)23(36)32-13-5-6-13/h2,4-7,10,12-13,35H,3,8-9,11H2,1H3;2-4,7-9,11-13,35H,5-6,10H2,1H3,(H,32,36)/t13-;12-/m11/s1. The van der Waals surface area contributed by atoms with Gasteiger partial charge in [-0.2, -0.15) is 36.5 Å². The fraction of sp³-hybridized carbons (Fsp3) is 0.292. The van der Waals surface area contributed by atoms with E-state index in [4.69, 9.17) is 32.2 Å². The summed E-state index contributed by atoms with van der Waals surface area (Å²) >= 11 is 13.3. The lowest BCUT2D eigenvalue weighted by atomic mass is 9.98. The molecule has 2 aromatic carbocycles. The first kappa shape index (κ1) is 51.4. The van der Waals surface area contributed by atoms with Crippen molar-refractivity contribution in [1.29, 1.82) is 0 Å². The zero-order valence-electron chi connectivity index (χ0n) is 38.7. The van der Waals surface area contributed by atoms with E-state index in [1.165, 1.54) is 51.0 Å². The van der Waals surface area contributed by atoms with Gasteiger partial charge in [0.1, 0.15) is 24.0 Å². The number of aromatic nitrogens is 10. The van der Waals surface area contributed by atoms with Crippen LogP contribution in [0.4, 0.5) is 26.3 Å². The largest absolute Gasteiger partial charge is 0.433 e. The van der Waals surface area contributed by atoms with Crippen LogP contribution in [0.15, 0.2) is 95.0 Å². The molecule has 3 N–H and O–H groups in total. The molecule has 384 valence electrons. The number of likely N-dealkylation sites (tertiary alicyclic amines) is 1. The van der Waals surface area contributed by atoms with Gasteiger partial charge in [-0.15, -0.1) is 0 Å². The van der Waals surface area contributed by atoms with Gasteiger partial charge in [-0.25, -0.2) is 19.9 Å². The van der Waals surface area contributed by atoms with E-state index in [-0.39, 0.29) is 114 Å². The minimum absolute atomic E-state index is 0.0663. The van der Waals surface area contributed by atoms with Crippen LogP contribution in [-0.2, 0) is 25.4 Å². The zero-order valence-corrected chi connectivity index (χ0v) is 40.2. The quantitative estimate of drug-likeness (QED) is 0.0915. The second-order valence-electron chi connectivity index (χ2n) is 17.3. The van der Waals surface area contributed by atoms with Gasteiger partial charge < -0.3 is 29.5 Å². The topological polar surface area (TPSA) is 229 Å². The molecule has 2 aliphatic rings. The molecule has 8 aromatic rings. The minimum Gasteiger partial charge on any atom is -0.391 e. The monoisotopic (exact) mass is 1060 g/mol. The molecule has 2 fully saturated rings. The van der Waals surface area contributed by atoms with Gasteiger partial charge >= 0.3 is 12.4 Å². The lowest BCUT2D eigenvalue weighted by Crippen LogP contribution is -2.42. The number of nitrogens with zero attached hydrogens (tertiary/aromatic N) is 11. The predicted octanol–water partition coefficient (Wildman–Crippen LogP) is 9.17. The summed E-state index contributed by atoms with van der Waals surface area (Å²) in [6.07, 6.45) is -1.80. The summed E-state index contributed by atoms with van der Waals surface area (Å²) in [5.74, 6) is -1.10. The number of aliphatic hydroxyl groups is 2. The minimum atomic E-state index is -4.82. The number of benzene rings is 2. The van der Waals surface area contributed by atoms with E-state index in [0.29, 0.717) is 28.0 Å². The normalized spacial score (nSPS) is 14.5. The van der Waals surface area contributed by atoms with Crippen LogP contribution in [0.25, 0.3) is 67.7 Å². The SMILES string of the molecule is C[C@@H](O)Cn1ncc(-c2onc(-c3cccc(C(=O)N4CCC4)c3Cl)c2-c2ccncn2)c1C(F)(F)F.C[C@@H](O)Cn1ncc(-c2onc(-c3cccc(C(=O)NC4CC4)c3Cl)c2-c2ccncn2)c1C(F)(F)F. The molecule has 1 saturated carbocycles. The third-order valence-electron chi connectivity index (χ3n) is 11.7. The van der Waals surface area contributed by atoms with E-state index in [0.717, 1.165) is 31.7 Å². The molecule has 0 spiro atoms. The van der Waals surface area contributed by atoms with Crippen LogP contribution in [0, 0.1) is 0 Å². The van der Waals surface area contributed by atoms with Crippen molar-refractivity contribution in [2.24, 2.45) is 0 Å². The molecule has 0 unspecified atom stereocenters. The number of nitrogens with one attached hydrogen (secondary N) is 1. The maximum absolute atomic E-state index is 14.2. The van der Waals surface area contributed by atoms with Crippen LogP contribution in [-0.4, -0.2) is 108 Å². The van der Waals surface area contributed by atoms with Crippen LogP contribution in [0.3, 0.4) is 0 Å². The Hall–Kier alpha value is -7.54. The number of carbonyl (C=O) groups excluding carboxylic acids is 2. The summed E-state index contributed by atoms with van der Waals surface area (Å²) in [5, 5.41) is 38.2. The molecule has 74 heavy (non-hydrogen) atoms. The molecule has 2 amide bonds. The molecule has 10 rings (SSSR count). The van der Waals surface area contributed by atoms with Gasteiger partial charge in [0.15, 0.2) is 22.9 Å². The Labute approximate surface area is 425 Å². The average Bonchev–Trinajstić information content (AvgIpc) is 3.66. The molecule has 6 aromatic heterocycles. The average molecular weight is 1070 g/mol. The smallest absolute Gasteiger partial charge is 0.391 e. The van der Waals surface area contributed by atoms with E-state index in [9.17, 15) is 46.1 Å². The number of aliphatic hydroxyl groups excluding tert-OH is 2. The van der Waals surface area contributed by atoms with Crippen LogP contribution in [0.5, 0.6) is 0 Å². The van der Waals surface area contributed by atoms with Crippen LogP contribution >= 0.6 is 23.2 Å². The molecule has 1 saturated heterocycles. The number of rotatable bonds is 13. The van der Waals surface area contributed by atoms with Gasteiger partial charge in [-0.05, 0) is 57.4 Å².